The van der Waals surface area contributed by atoms with E-state index < -0.39 is 0 Å². The van der Waals surface area contributed by atoms with Crippen LogP contribution in [0.2, 0.25) is 0 Å². The molecule has 1 heterocycles. The second kappa shape index (κ2) is 9.99. The Hall–Kier alpha value is -2.97. The second-order valence-electron chi connectivity index (χ2n) is 6.36. The fourth-order valence-corrected chi connectivity index (χ4v) is 3.16. The molecule has 0 saturated heterocycles. The summed E-state index contributed by atoms with van der Waals surface area (Å²) >= 11 is 1.16. The Labute approximate surface area is 173 Å². The average molecular weight is 413 g/mol. The molecule has 1 amide bonds. The van der Waals surface area contributed by atoms with Gasteiger partial charge in [0.15, 0.2) is 17.3 Å². The van der Waals surface area contributed by atoms with Crippen LogP contribution < -0.4 is 14.8 Å². The predicted octanol–water partition coefficient (Wildman–Crippen LogP) is 3.61. The molecule has 0 aliphatic rings. The smallest absolute Gasteiger partial charge is 0.298 e. The number of amides is 1. The average Bonchev–Trinajstić information content (AvgIpc) is 3.16. The first-order valence-corrected chi connectivity index (χ1v) is 9.87. The summed E-state index contributed by atoms with van der Waals surface area (Å²) in [6.07, 6.45) is 0.624. The number of methoxy groups -OCH3 is 2. The molecule has 0 saturated carbocycles. The van der Waals surface area contributed by atoms with Crippen LogP contribution >= 0.6 is 11.5 Å². The van der Waals surface area contributed by atoms with Gasteiger partial charge in [-0.15, -0.1) is 0 Å². The molecule has 3 aromatic rings. The Morgan fingerprint density at radius 3 is 2.62 bits per heavy atom. The van der Waals surface area contributed by atoms with Crippen molar-refractivity contribution in [1.82, 2.24) is 14.7 Å². The van der Waals surface area contributed by atoms with E-state index in [1.807, 2.05) is 0 Å². The van der Waals surface area contributed by atoms with Crippen molar-refractivity contribution >= 4 is 17.4 Å². The maximum atomic E-state index is 12.3. The molecule has 1 N–H and O–H groups in total. The van der Waals surface area contributed by atoms with E-state index in [-0.39, 0.29) is 5.91 Å². The lowest BCUT2D eigenvalue weighted by Crippen LogP contribution is -2.26. The number of nitrogens with zero attached hydrogens (tertiary/aromatic N) is 2. The lowest BCUT2D eigenvalue weighted by atomic mass is 10.1. The highest BCUT2D eigenvalue weighted by atomic mass is 32.1. The summed E-state index contributed by atoms with van der Waals surface area (Å²) in [4.78, 5) is 16.7. The summed E-state index contributed by atoms with van der Waals surface area (Å²) in [5, 5.41) is 3.17. The van der Waals surface area contributed by atoms with Crippen LogP contribution in [0.1, 0.15) is 27.3 Å². The molecule has 1 aromatic heterocycles. The number of rotatable bonds is 9. The highest BCUT2D eigenvalue weighted by molar-refractivity contribution is 7.07. The summed E-state index contributed by atoms with van der Waals surface area (Å²) in [6.45, 7) is 2.92. The van der Waals surface area contributed by atoms with E-state index >= 15 is 0 Å². The van der Waals surface area contributed by atoms with Gasteiger partial charge in [-0.25, -0.2) is 0 Å². The van der Waals surface area contributed by atoms with Crippen LogP contribution in [-0.4, -0.2) is 42.6 Å². The molecule has 0 radical (unpaired) electrons. The summed E-state index contributed by atoms with van der Waals surface area (Å²) in [6, 6.07) is 13.2. The van der Waals surface area contributed by atoms with Crippen molar-refractivity contribution in [2.75, 3.05) is 27.4 Å². The van der Waals surface area contributed by atoms with E-state index in [0.717, 1.165) is 17.1 Å². The minimum absolute atomic E-state index is 0.216. The third kappa shape index (κ3) is 5.75. The van der Waals surface area contributed by atoms with E-state index in [4.69, 9.17) is 14.2 Å². The van der Waals surface area contributed by atoms with Gasteiger partial charge in [0, 0.05) is 37.2 Å². The fourth-order valence-electron chi connectivity index (χ4n) is 2.60. The normalized spacial score (nSPS) is 10.6. The molecule has 0 spiro atoms. The Morgan fingerprint density at radius 1 is 1.10 bits per heavy atom. The lowest BCUT2D eigenvalue weighted by Gasteiger charge is -2.10. The molecule has 0 unspecified atom stereocenters. The van der Waals surface area contributed by atoms with Crippen LogP contribution in [0.15, 0.2) is 42.5 Å². The Balaban J connectivity index is 1.71. The van der Waals surface area contributed by atoms with Gasteiger partial charge in [0.25, 0.3) is 11.1 Å². The number of aromatic nitrogens is 2. The van der Waals surface area contributed by atoms with Gasteiger partial charge < -0.3 is 19.5 Å². The zero-order valence-corrected chi connectivity index (χ0v) is 17.4. The van der Waals surface area contributed by atoms with Gasteiger partial charge in [0.2, 0.25) is 0 Å². The Bertz CT molecular complexity index is 957. The number of benzene rings is 2. The minimum Gasteiger partial charge on any atom is -0.493 e. The molecule has 0 aliphatic heterocycles. The molecule has 2 aromatic carbocycles. The van der Waals surface area contributed by atoms with E-state index in [0.29, 0.717) is 47.7 Å². The van der Waals surface area contributed by atoms with Gasteiger partial charge in [-0.3, -0.25) is 4.79 Å². The molecule has 3 rings (SSSR count). The molecule has 0 fully saturated rings. The molecular formula is C21H23N3O4S. The second-order valence-corrected chi connectivity index (χ2v) is 7.07. The number of nitrogens with one attached hydrogen (secondary N) is 1. The van der Waals surface area contributed by atoms with E-state index in [1.165, 1.54) is 5.56 Å². The predicted molar refractivity (Wildman–Crippen MR) is 111 cm³/mol. The van der Waals surface area contributed by atoms with Crippen LogP contribution in [-0.2, 0) is 11.2 Å². The maximum absolute atomic E-state index is 12.3. The first kappa shape index (κ1) is 20.8. The number of hydrogen-bond acceptors (Lipinski definition) is 7. The fraction of sp³-hybridized carbons (Fsp3) is 0.286. The first-order valence-electron chi connectivity index (χ1n) is 9.10. The van der Waals surface area contributed by atoms with E-state index in [9.17, 15) is 4.79 Å². The van der Waals surface area contributed by atoms with Crippen molar-refractivity contribution in [1.29, 1.82) is 0 Å². The van der Waals surface area contributed by atoms with Crippen molar-refractivity contribution in [2.45, 2.75) is 13.3 Å². The standard InChI is InChI=1S/C21H23N3O4S/c1-14-4-6-15(7-5-14)12-19-23-21(29-24-19)28-18-13-16(8-9-17(18)27-3)20(25)22-10-11-26-2/h4-9,13H,10-12H2,1-3H3,(H,22,25). The van der Waals surface area contributed by atoms with Crippen LogP contribution in [0.4, 0.5) is 0 Å². The van der Waals surface area contributed by atoms with Crippen molar-refractivity contribution in [3.8, 4) is 16.7 Å². The number of hydrogen-bond donors (Lipinski definition) is 1. The van der Waals surface area contributed by atoms with Gasteiger partial charge in [-0.1, -0.05) is 29.8 Å². The first-order chi connectivity index (χ1) is 14.1. The van der Waals surface area contributed by atoms with Crippen molar-refractivity contribution < 1.29 is 19.0 Å². The summed E-state index contributed by atoms with van der Waals surface area (Å²) in [5.41, 5.74) is 2.80. The van der Waals surface area contributed by atoms with Gasteiger partial charge in [-0.05, 0) is 30.7 Å². The van der Waals surface area contributed by atoms with Crippen molar-refractivity contribution in [2.24, 2.45) is 0 Å². The van der Waals surface area contributed by atoms with E-state index in [1.54, 1.807) is 32.4 Å². The molecular weight excluding hydrogens is 390 g/mol. The summed E-state index contributed by atoms with van der Waals surface area (Å²) in [5.74, 6) is 1.38. The van der Waals surface area contributed by atoms with Crippen molar-refractivity contribution in [3.05, 3.63) is 65.0 Å². The quantitative estimate of drug-likeness (QED) is 0.540. The van der Waals surface area contributed by atoms with Gasteiger partial charge in [-0.2, -0.15) is 9.36 Å². The molecule has 7 nitrogen and oxygen atoms in total. The van der Waals surface area contributed by atoms with Crippen LogP contribution in [0, 0.1) is 6.92 Å². The Morgan fingerprint density at radius 2 is 1.90 bits per heavy atom. The minimum atomic E-state index is -0.216. The SMILES string of the molecule is COCCNC(=O)c1ccc(OC)c(Oc2nc(Cc3ccc(C)cc3)ns2)c1. The third-order valence-electron chi connectivity index (χ3n) is 4.15. The van der Waals surface area contributed by atoms with Crippen LogP contribution in [0.25, 0.3) is 0 Å². The van der Waals surface area contributed by atoms with Gasteiger partial charge in [0.05, 0.1) is 13.7 Å². The lowest BCUT2D eigenvalue weighted by molar-refractivity contribution is 0.0936. The van der Waals surface area contributed by atoms with Gasteiger partial charge in [0.1, 0.15) is 0 Å². The molecule has 8 heteroatoms. The summed E-state index contributed by atoms with van der Waals surface area (Å²) < 4.78 is 20.5. The summed E-state index contributed by atoms with van der Waals surface area (Å²) in [7, 11) is 3.13. The number of aryl methyl sites for hydroxylation is 1. The molecule has 0 atom stereocenters. The maximum Gasteiger partial charge on any atom is 0.298 e. The monoisotopic (exact) mass is 413 g/mol. The molecule has 29 heavy (non-hydrogen) atoms. The van der Waals surface area contributed by atoms with Crippen LogP contribution in [0.5, 0.6) is 16.7 Å². The largest absolute Gasteiger partial charge is 0.493 e. The van der Waals surface area contributed by atoms with Gasteiger partial charge >= 0.3 is 0 Å². The van der Waals surface area contributed by atoms with E-state index in [2.05, 4.69) is 45.9 Å². The highest BCUT2D eigenvalue weighted by Crippen LogP contribution is 2.33. The third-order valence-corrected chi connectivity index (χ3v) is 4.78. The topological polar surface area (TPSA) is 82.6 Å². The zero-order chi connectivity index (χ0) is 20.6. The molecule has 0 bridgehead atoms. The number of ether oxygens (including phenoxy) is 3. The zero-order valence-electron chi connectivity index (χ0n) is 16.6. The Kier molecular flexibility index (Phi) is 7.15. The van der Waals surface area contributed by atoms with Crippen molar-refractivity contribution in [3.63, 3.8) is 0 Å². The highest BCUT2D eigenvalue weighted by Gasteiger charge is 2.14. The molecule has 152 valence electrons. The van der Waals surface area contributed by atoms with Crippen LogP contribution in [0.3, 0.4) is 0 Å². The number of carbonyl (C=O) groups excluding carboxylic acids is 1. The number of carbonyl (C=O) groups is 1. The molecule has 0 aliphatic carbocycles.